The Bertz CT molecular complexity index is 711. The molecule has 1 atom stereocenters. The number of hydrogen-bond donors (Lipinski definition) is 0. The Morgan fingerprint density at radius 2 is 1.56 bits per heavy atom. The van der Waals surface area contributed by atoms with E-state index in [4.69, 9.17) is 37.0 Å². The van der Waals surface area contributed by atoms with Crippen LogP contribution in [0.3, 0.4) is 0 Å². The summed E-state index contributed by atoms with van der Waals surface area (Å²) in [5.41, 5.74) is 0. The van der Waals surface area contributed by atoms with E-state index in [0.717, 1.165) is 19.4 Å². The highest BCUT2D eigenvalue weighted by Gasteiger charge is 2.32. The van der Waals surface area contributed by atoms with Crippen LogP contribution in [0.2, 0.25) is 10.0 Å². The van der Waals surface area contributed by atoms with E-state index in [-0.39, 0.29) is 12.3 Å². The van der Waals surface area contributed by atoms with E-state index >= 15 is 0 Å². The highest BCUT2D eigenvalue weighted by molar-refractivity contribution is 7.54. The second-order valence-corrected chi connectivity index (χ2v) is 8.65. The minimum atomic E-state index is -3.52. The molecule has 2 aromatic carbocycles. The molecule has 0 spiro atoms. The van der Waals surface area contributed by atoms with E-state index in [9.17, 15) is 4.57 Å². The van der Waals surface area contributed by atoms with Gasteiger partial charge in [0.1, 0.15) is 11.5 Å². The van der Waals surface area contributed by atoms with Gasteiger partial charge in [-0.25, -0.2) is 4.57 Å². The van der Waals surface area contributed by atoms with Crippen LogP contribution >= 0.6 is 30.8 Å². The Morgan fingerprint density at radius 1 is 1.00 bits per heavy atom. The highest BCUT2D eigenvalue weighted by Crippen LogP contribution is 2.52. The van der Waals surface area contributed by atoms with Gasteiger partial charge in [0.2, 0.25) is 0 Å². The van der Waals surface area contributed by atoms with Crippen molar-refractivity contribution in [3.63, 3.8) is 0 Å². The number of ether oxygens (including phenoxy) is 1. The molecule has 3 rings (SSSR count). The van der Waals surface area contributed by atoms with Crippen LogP contribution in [0.1, 0.15) is 19.3 Å². The maximum atomic E-state index is 13.4. The van der Waals surface area contributed by atoms with Crippen molar-refractivity contribution in [3.05, 3.63) is 58.6 Å². The predicted octanol–water partition coefficient (Wildman–Crippen LogP) is 6.21. The molecule has 1 saturated heterocycles. The van der Waals surface area contributed by atoms with Gasteiger partial charge in [-0.3, -0.25) is 0 Å². The Morgan fingerprint density at radius 3 is 2.04 bits per heavy atom. The molecular weight excluding hydrogens is 382 g/mol. The molecule has 0 N–H and O–H groups in total. The third kappa shape index (κ3) is 5.15. The number of hydrogen-bond acceptors (Lipinski definition) is 4. The first kappa shape index (κ1) is 18.6. The van der Waals surface area contributed by atoms with E-state index in [1.807, 2.05) is 0 Å². The topological polar surface area (TPSA) is 44.8 Å². The second kappa shape index (κ2) is 8.46. The van der Waals surface area contributed by atoms with Gasteiger partial charge in [-0.1, -0.05) is 47.5 Å². The molecule has 1 unspecified atom stereocenters. The Kier molecular flexibility index (Phi) is 6.29. The van der Waals surface area contributed by atoms with Crippen molar-refractivity contribution in [1.29, 1.82) is 0 Å². The summed E-state index contributed by atoms with van der Waals surface area (Å²) in [6.45, 7) is 0.742. The van der Waals surface area contributed by atoms with Gasteiger partial charge in [0.15, 0.2) is 0 Å². The zero-order valence-electron chi connectivity index (χ0n) is 13.6. The van der Waals surface area contributed by atoms with E-state index in [1.165, 1.54) is 0 Å². The monoisotopic (exact) mass is 400 g/mol. The summed E-state index contributed by atoms with van der Waals surface area (Å²) in [5, 5.41) is 0.755. The quantitative estimate of drug-likeness (QED) is 0.517. The van der Waals surface area contributed by atoms with Crippen LogP contribution in [0.5, 0.6) is 11.5 Å². The highest BCUT2D eigenvalue weighted by atomic mass is 35.5. The first-order valence-electron chi connectivity index (χ1n) is 8.15. The van der Waals surface area contributed by atoms with Crippen LogP contribution in [0.4, 0.5) is 0 Å². The molecular formula is C18H19Cl2O4P. The van der Waals surface area contributed by atoms with Crippen LogP contribution in [0.15, 0.2) is 48.5 Å². The van der Waals surface area contributed by atoms with E-state index in [0.29, 0.717) is 28.0 Å². The summed E-state index contributed by atoms with van der Waals surface area (Å²) in [7, 11) is -3.52. The van der Waals surface area contributed by atoms with Gasteiger partial charge in [0, 0.05) is 6.61 Å². The van der Waals surface area contributed by atoms with Gasteiger partial charge in [0.25, 0.3) is 0 Å². The molecule has 0 amide bonds. The number of benzene rings is 2. The van der Waals surface area contributed by atoms with Crippen LogP contribution in [-0.4, -0.2) is 18.9 Å². The van der Waals surface area contributed by atoms with Gasteiger partial charge in [-0.05, 0) is 43.5 Å². The van der Waals surface area contributed by atoms with E-state index < -0.39 is 7.60 Å². The van der Waals surface area contributed by atoms with Crippen molar-refractivity contribution >= 4 is 30.8 Å². The lowest BCUT2D eigenvalue weighted by Gasteiger charge is -2.22. The maximum absolute atomic E-state index is 13.4. The molecule has 7 heteroatoms. The van der Waals surface area contributed by atoms with Crippen molar-refractivity contribution in [1.82, 2.24) is 0 Å². The summed E-state index contributed by atoms with van der Waals surface area (Å²) >= 11 is 12.3. The van der Waals surface area contributed by atoms with Crippen LogP contribution < -0.4 is 9.05 Å². The molecule has 0 aliphatic carbocycles. The normalized spacial score (nSPS) is 17.4. The largest absolute Gasteiger partial charge is 0.430 e. The van der Waals surface area contributed by atoms with Gasteiger partial charge >= 0.3 is 7.60 Å². The van der Waals surface area contributed by atoms with Gasteiger partial charge in [0.05, 0.1) is 22.3 Å². The first-order chi connectivity index (χ1) is 12.1. The molecule has 2 aromatic rings. The molecule has 0 radical (unpaired) electrons. The zero-order valence-corrected chi connectivity index (χ0v) is 16.0. The van der Waals surface area contributed by atoms with Crippen LogP contribution in [0, 0.1) is 0 Å². The average molecular weight is 401 g/mol. The van der Waals surface area contributed by atoms with Gasteiger partial charge in [-0.2, -0.15) is 0 Å². The maximum Gasteiger partial charge on any atom is 0.430 e. The Labute approximate surface area is 157 Å². The van der Waals surface area contributed by atoms with E-state index in [1.54, 1.807) is 48.5 Å². The van der Waals surface area contributed by atoms with Crippen LogP contribution in [0.25, 0.3) is 0 Å². The van der Waals surface area contributed by atoms with Crippen molar-refractivity contribution < 1.29 is 18.3 Å². The predicted molar refractivity (Wildman–Crippen MR) is 100 cm³/mol. The van der Waals surface area contributed by atoms with Gasteiger partial charge < -0.3 is 13.8 Å². The second-order valence-electron chi connectivity index (χ2n) is 5.80. The molecule has 0 bridgehead atoms. The van der Waals surface area contributed by atoms with Crippen molar-refractivity contribution in [2.45, 2.75) is 25.4 Å². The van der Waals surface area contributed by atoms with E-state index in [2.05, 4.69) is 0 Å². The SMILES string of the molecule is O=P(CCC1CCCO1)(Oc1ccccc1Cl)Oc1ccccc1Cl. The molecule has 0 aromatic heterocycles. The standard InChI is InChI=1S/C18H19Cl2O4P/c19-15-7-1-3-9-17(15)23-25(21,13-11-14-6-5-12-22-14)24-18-10-4-2-8-16(18)20/h1-4,7-10,14H,5-6,11-13H2. The third-order valence-corrected chi connectivity index (χ3v) is 6.28. The first-order valence-corrected chi connectivity index (χ1v) is 10.6. The zero-order chi connectivity index (χ0) is 17.7. The number of halogens is 2. The summed E-state index contributed by atoms with van der Waals surface area (Å²) in [6.07, 6.45) is 2.86. The van der Waals surface area contributed by atoms with Gasteiger partial charge in [-0.15, -0.1) is 0 Å². The molecule has 134 valence electrons. The summed E-state index contributed by atoms with van der Waals surface area (Å²) in [6, 6.07) is 13.8. The Balaban J connectivity index is 1.80. The summed E-state index contributed by atoms with van der Waals surface area (Å²) < 4.78 is 30.5. The molecule has 25 heavy (non-hydrogen) atoms. The molecule has 1 fully saturated rings. The summed E-state index contributed by atoms with van der Waals surface area (Å²) in [5.74, 6) is 0.652. The summed E-state index contributed by atoms with van der Waals surface area (Å²) in [4.78, 5) is 0. The number of para-hydroxylation sites is 2. The fraction of sp³-hybridized carbons (Fsp3) is 0.333. The molecule has 1 aliphatic heterocycles. The lowest BCUT2D eigenvalue weighted by Crippen LogP contribution is -2.12. The van der Waals surface area contributed by atoms with Crippen molar-refractivity contribution in [3.8, 4) is 11.5 Å². The Hall–Kier alpha value is -1.19. The molecule has 1 heterocycles. The van der Waals surface area contributed by atoms with Crippen LogP contribution in [-0.2, 0) is 9.30 Å². The van der Waals surface area contributed by atoms with Crippen molar-refractivity contribution in [2.24, 2.45) is 0 Å². The fourth-order valence-electron chi connectivity index (χ4n) is 2.62. The lowest BCUT2D eigenvalue weighted by molar-refractivity contribution is 0.108. The minimum absolute atomic E-state index is 0.0815. The average Bonchev–Trinajstić information content (AvgIpc) is 3.11. The lowest BCUT2D eigenvalue weighted by atomic mass is 10.2. The smallest absolute Gasteiger partial charge is 0.414 e. The van der Waals surface area contributed by atoms with Crippen molar-refractivity contribution in [2.75, 3.05) is 12.8 Å². The fourth-order valence-corrected chi connectivity index (χ4v) is 4.82. The molecule has 0 saturated carbocycles. The molecule has 1 aliphatic rings. The minimum Gasteiger partial charge on any atom is -0.414 e. The molecule has 4 nitrogen and oxygen atoms in total. The number of rotatable bonds is 7. The third-order valence-electron chi connectivity index (χ3n) is 3.90.